The molecule has 0 aliphatic carbocycles. The molecule has 88 valence electrons. The molecular weight excluding hydrogens is 210 g/mol. The zero-order valence-electron chi connectivity index (χ0n) is 10.1. The van der Waals surface area contributed by atoms with Gasteiger partial charge in [-0.3, -0.25) is 4.68 Å². The summed E-state index contributed by atoms with van der Waals surface area (Å²) in [6, 6.07) is 8.99. The zero-order valence-corrected chi connectivity index (χ0v) is 10.1. The molecule has 2 heterocycles. The number of aryl methyl sites for hydroxylation is 1. The topological polar surface area (TPSA) is 29.9 Å². The van der Waals surface area contributed by atoms with Crippen molar-refractivity contribution in [3.8, 4) is 0 Å². The number of nitrogens with zero attached hydrogens (tertiary/aromatic N) is 2. The van der Waals surface area contributed by atoms with Crippen molar-refractivity contribution in [2.45, 2.75) is 25.9 Å². The quantitative estimate of drug-likeness (QED) is 0.852. The van der Waals surface area contributed by atoms with Crippen LogP contribution in [0.25, 0.3) is 0 Å². The molecule has 1 aromatic heterocycles. The summed E-state index contributed by atoms with van der Waals surface area (Å²) in [6.45, 7) is 4.08. The van der Waals surface area contributed by atoms with E-state index in [1.807, 2.05) is 10.9 Å². The molecule has 0 bridgehead atoms. The number of aromatic nitrogens is 2. The van der Waals surface area contributed by atoms with Gasteiger partial charge in [-0.25, -0.2) is 0 Å². The van der Waals surface area contributed by atoms with Gasteiger partial charge in [0.25, 0.3) is 0 Å². The lowest BCUT2D eigenvalue weighted by atomic mass is 9.91. The summed E-state index contributed by atoms with van der Waals surface area (Å²) in [7, 11) is 0. The van der Waals surface area contributed by atoms with Crippen molar-refractivity contribution in [2.75, 3.05) is 6.54 Å². The van der Waals surface area contributed by atoms with Gasteiger partial charge in [0.05, 0.1) is 12.2 Å². The molecule has 0 saturated heterocycles. The molecule has 1 aromatic carbocycles. The molecule has 1 unspecified atom stereocenters. The third-order valence-electron chi connectivity index (χ3n) is 3.42. The molecule has 0 fully saturated rings. The van der Waals surface area contributed by atoms with Crippen LogP contribution in [0.3, 0.4) is 0 Å². The van der Waals surface area contributed by atoms with E-state index in [0.717, 1.165) is 19.5 Å². The van der Waals surface area contributed by atoms with Crippen LogP contribution in [0.2, 0.25) is 0 Å². The Bertz CT molecular complexity index is 516. The Labute approximate surface area is 101 Å². The molecule has 1 aliphatic heterocycles. The lowest BCUT2D eigenvalue weighted by molar-refractivity contribution is 0.566. The first-order valence-corrected chi connectivity index (χ1v) is 6.22. The monoisotopic (exact) mass is 227 g/mol. The van der Waals surface area contributed by atoms with E-state index in [4.69, 9.17) is 0 Å². The maximum atomic E-state index is 4.36. The smallest absolute Gasteiger partial charge is 0.0610 e. The number of hydrogen-bond acceptors (Lipinski definition) is 2. The Morgan fingerprint density at radius 3 is 3.12 bits per heavy atom. The van der Waals surface area contributed by atoms with Crippen molar-refractivity contribution in [3.63, 3.8) is 0 Å². The van der Waals surface area contributed by atoms with E-state index in [9.17, 15) is 0 Å². The first-order valence-electron chi connectivity index (χ1n) is 6.22. The maximum Gasteiger partial charge on any atom is 0.0610 e. The highest BCUT2D eigenvalue weighted by molar-refractivity contribution is 5.38. The third kappa shape index (κ3) is 1.87. The SMILES string of the molecule is CCn1cc(C2NCCc3ccccc32)cn1. The molecule has 0 saturated carbocycles. The molecule has 1 atom stereocenters. The summed E-state index contributed by atoms with van der Waals surface area (Å²) in [6.07, 6.45) is 5.23. The normalized spacial score (nSPS) is 19.0. The summed E-state index contributed by atoms with van der Waals surface area (Å²) < 4.78 is 1.98. The third-order valence-corrected chi connectivity index (χ3v) is 3.42. The van der Waals surface area contributed by atoms with E-state index in [-0.39, 0.29) is 0 Å². The van der Waals surface area contributed by atoms with Crippen LogP contribution in [0.4, 0.5) is 0 Å². The summed E-state index contributed by atoms with van der Waals surface area (Å²) in [4.78, 5) is 0. The van der Waals surface area contributed by atoms with Crippen molar-refractivity contribution in [3.05, 3.63) is 53.3 Å². The van der Waals surface area contributed by atoms with Gasteiger partial charge in [0, 0.05) is 24.8 Å². The fourth-order valence-corrected chi connectivity index (χ4v) is 2.50. The van der Waals surface area contributed by atoms with E-state index in [1.165, 1.54) is 16.7 Å². The molecule has 0 radical (unpaired) electrons. The van der Waals surface area contributed by atoms with Gasteiger partial charge in [0.2, 0.25) is 0 Å². The molecule has 1 N–H and O–H groups in total. The molecule has 3 nitrogen and oxygen atoms in total. The number of benzene rings is 1. The summed E-state index contributed by atoms with van der Waals surface area (Å²) >= 11 is 0. The Morgan fingerprint density at radius 2 is 2.29 bits per heavy atom. The Balaban J connectivity index is 1.99. The zero-order chi connectivity index (χ0) is 11.7. The van der Waals surface area contributed by atoms with Gasteiger partial charge in [0.1, 0.15) is 0 Å². The lowest BCUT2D eigenvalue weighted by Crippen LogP contribution is -2.30. The molecule has 1 aliphatic rings. The second-order valence-corrected chi connectivity index (χ2v) is 4.47. The molecule has 2 aromatic rings. The molecule has 0 spiro atoms. The average Bonchev–Trinajstić information content (AvgIpc) is 2.87. The fourth-order valence-electron chi connectivity index (χ4n) is 2.50. The Hall–Kier alpha value is -1.61. The maximum absolute atomic E-state index is 4.36. The largest absolute Gasteiger partial charge is 0.306 e. The summed E-state index contributed by atoms with van der Waals surface area (Å²) in [5.74, 6) is 0. The first kappa shape index (κ1) is 10.5. The lowest BCUT2D eigenvalue weighted by Gasteiger charge is -2.26. The highest BCUT2D eigenvalue weighted by Crippen LogP contribution is 2.27. The van der Waals surface area contributed by atoms with Crippen LogP contribution in [0, 0.1) is 0 Å². The Kier molecular flexibility index (Phi) is 2.69. The highest BCUT2D eigenvalue weighted by atomic mass is 15.3. The van der Waals surface area contributed by atoms with Crippen LogP contribution in [-0.4, -0.2) is 16.3 Å². The minimum Gasteiger partial charge on any atom is -0.306 e. The average molecular weight is 227 g/mol. The van der Waals surface area contributed by atoms with Gasteiger partial charge in [-0.05, 0) is 24.5 Å². The molecule has 0 amide bonds. The molecule has 3 heteroatoms. The van der Waals surface area contributed by atoms with Gasteiger partial charge in [-0.1, -0.05) is 24.3 Å². The van der Waals surface area contributed by atoms with Gasteiger partial charge < -0.3 is 5.32 Å². The van der Waals surface area contributed by atoms with Crippen molar-refractivity contribution < 1.29 is 0 Å². The van der Waals surface area contributed by atoms with Crippen LogP contribution in [0.1, 0.15) is 29.7 Å². The number of hydrogen-bond donors (Lipinski definition) is 1. The Morgan fingerprint density at radius 1 is 1.41 bits per heavy atom. The van der Waals surface area contributed by atoms with Crippen LogP contribution >= 0.6 is 0 Å². The van der Waals surface area contributed by atoms with E-state index < -0.39 is 0 Å². The van der Waals surface area contributed by atoms with Crippen molar-refractivity contribution in [1.82, 2.24) is 15.1 Å². The molecule has 3 rings (SSSR count). The minimum atomic E-state index is 0.306. The van der Waals surface area contributed by atoms with E-state index in [0.29, 0.717) is 6.04 Å². The minimum absolute atomic E-state index is 0.306. The highest BCUT2D eigenvalue weighted by Gasteiger charge is 2.21. The molecule has 17 heavy (non-hydrogen) atoms. The predicted molar refractivity (Wildman–Crippen MR) is 67.9 cm³/mol. The van der Waals surface area contributed by atoms with Crippen molar-refractivity contribution >= 4 is 0 Å². The van der Waals surface area contributed by atoms with E-state index >= 15 is 0 Å². The van der Waals surface area contributed by atoms with Gasteiger partial charge in [-0.15, -0.1) is 0 Å². The summed E-state index contributed by atoms with van der Waals surface area (Å²) in [5, 5.41) is 7.94. The van der Waals surface area contributed by atoms with Gasteiger partial charge in [-0.2, -0.15) is 5.10 Å². The standard InChI is InChI=1S/C14H17N3/c1-2-17-10-12(9-16-17)14-13-6-4-3-5-11(13)7-8-15-14/h3-6,9-10,14-15H,2,7-8H2,1H3. The molecular formula is C14H17N3. The second-order valence-electron chi connectivity index (χ2n) is 4.47. The first-order chi connectivity index (χ1) is 8.38. The van der Waals surface area contributed by atoms with Crippen molar-refractivity contribution in [2.24, 2.45) is 0 Å². The number of fused-ring (bicyclic) bond motifs is 1. The number of nitrogens with one attached hydrogen (secondary N) is 1. The van der Waals surface area contributed by atoms with Crippen molar-refractivity contribution in [1.29, 1.82) is 0 Å². The van der Waals surface area contributed by atoms with Crippen LogP contribution in [0.15, 0.2) is 36.7 Å². The predicted octanol–water partition coefficient (Wildman–Crippen LogP) is 2.14. The summed E-state index contributed by atoms with van der Waals surface area (Å²) in [5.41, 5.74) is 4.12. The second kappa shape index (κ2) is 4.34. The van der Waals surface area contributed by atoms with Gasteiger partial charge in [0.15, 0.2) is 0 Å². The van der Waals surface area contributed by atoms with Crippen LogP contribution < -0.4 is 5.32 Å². The van der Waals surface area contributed by atoms with Gasteiger partial charge >= 0.3 is 0 Å². The van der Waals surface area contributed by atoms with E-state index in [2.05, 4.69) is 47.8 Å². The van der Waals surface area contributed by atoms with Crippen LogP contribution in [0.5, 0.6) is 0 Å². The van der Waals surface area contributed by atoms with E-state index in [1.54, 1.807) is 0 Å². The fraction of sp³-hybridized carbons (Fsp3) is 0.357. The van der Waals surface area contributed by atoms with Crippen LogP contribution in [-0.2, 0) is 13.0 Å². The number of rotatable bonds is 2.